The minimum absolute atomic E-state index is 0.106. The van der Waals surface area contributed by atoms with E-state index in [2.05, 4.69) is 13.0 Å². The third-order valence-electron chi connectivity index (χ3n) is 3.05. The summed E-state index contributed by atoms with van der Waals surface area (Å²) in [5.74, 6) is -0.106. The molecule has 0 aromatic heterocycles. The average Bonchev–Trinajstić information content (AvgIpc) is 2.25. The molecule has 1 heteroatoms. The summed E-state index contributed by atoms with van der Waals surface area (Å²) >= 11 is 0. The van der Waals surface area contributed by atoms with Crippen LogP contribution >= 0.6 is 0 Å². The fourth-order valence-electron chi connectivity index (χ4n) is 2.12. The van der Waals surface area contributed by atoms with Gasteiger partial charge in [-0.05, 0) is 48.9 Å². The van der Waals surface area contributed by atoms with E-state index in [1.165, 1.54) is 36.0 Å². The van der Waals surface area contributed by atoms with E-state index in [9.17, 15) is 4.39 Å². The number of unbranched alkanes of at least 4 members (excludes halogenated alkanes) is 1. The van der Waals surface area contributed by atoms with Crippen molar-refractivity contribution in [2.24, 2.45) is 0 Å². The monoisotopic (exact) mass is 204 g/mol. The third-order valence-corrected chi connectivity index (χ3v) is 3.05. The lowest BCUT2D eigenvalue weighted by Gasteiger charge is -2.16. The van der Waals surface area contributed by atoms with Gasteiger partial charge in [-0.3, -0.25) is 0 Å². The van der Waals surface area contributed by atoms with E-state index in [1.54, 1.807) is 12.1 Å². The zero-order valence-electron chi connectivity index (χ0n) is 9.22. The highest BCUT2D eigenvalue weighted by molar-refractivity contribution is 5.37. The topological polar surface area (TPSA) is 0 Å². The quantitative estimate of drug-likeness (QED) is 0.652. The molecule has 0 aliphatic heterocycles. The van der Waals surface area contributed by atoms with Gasteiger partial charge in [0, 0.05) is 0 Å². The Balaban J connectivity index is 2.10. The molecule has 0 amide bonds. The van der Waals surface area contributed by atoms with Gasteiger partial charge in [-0.25, -0.2) is 4.39 Å². The minimum Gasteiger partial charge on any atom is -0.207 e. The predicted octanol–water partition coefficient (Wildman–Crippen LogP) is 4.04. The van der Waals surface area contributed by atoms with Gasteiger partial charge in [0.2, 0.25) is 0 Å². The van der Waals surface area contributed by atoms with Crippen molar-refractivity contribution in [2.75, 3.05) is 0 Å². The van der Waals surface area contributed by atoms with Crippen LogP contribution in [0.2, 0.25) is 0 Å². The highest BCUT2D eigenvalue weighted by atomic mass is 19.1. The molecular formula is C14H17F. The molecule has 1 aliphatic carbocycles. The zero-order valence-corrected chi connectivity index (χ0v) is 9.22. The summed E-state index contributed by atoms with van der Waals surface area (Å²) in [7, 11) is 0. The molecule has 0 fully saturated rings. The summed E-state index contributed by atoms with van der Waals surface area (Å²) in [4.78, 5) is 0. The molecule has 0 radical (unpaired) electrons. The van der Waals surface area contributed by atoms with Gasteiger partial charge in [0.1, 0.15) is 5.82 Å². The molecule has 0 spiro atoms. The van der Waals surface area contributed by atoms with Crippen LogP contribution in [0.15, 0.2) is 29.8 Å². The summed E-state index contributed by atoms with van der Waals surface area (Å²) < 4.78 is 13.1. The first kappa shape index (κ1) is 10.4. The Bertz CT molecular complexity index is 377. The second-order valence-corrected chi connectivity index (χ2v) is 4.26. The van der Waals surface area contributed by atoms with Crippen LogP contribution in [0.4, 0.5) is 4.39 Å². The Labute approximate surface area is 90.8 Å². The third kappa shape index (κ3) is 2.47. The van der Waals surface area contributed by atoms with Gasteiger partial charge in [-0.1, -0.05) is 31.1 Å². The van der Waals surface area contributed by atoms with Gasteiger partial charge in [0.25, 0.3) is 0 Å². The van der Waals surface area contributed by atoms with Crippen LogP contribution < -0.4 is 0 Å². The second-order valence-electron chi connectivity index (χ2n) is 4.26. The van der Waals surface area contributed by atoms with Crippen molar-refractivity contribution >= 4 is 0 Å². The van der Waals surface area contributed by atoms with Gasteiger partial charge in [-0.2, -0.15) is 0 Å². The number of fused-ring (bicyclic) bond motifs is 1. The Morgan fingerprint density at radius 3 is 2.93 bits per heavy atom. The number of rotatable bonds is 3. The Morgan fingerprint density at radius 1 is 1.27 bits per heavy atom. The number of hydrogen-bond acceptors (Lipinski definition) is 0. The van der Waals surface area contributed by atoms with Crippen LogP contribution in [0.1, 0.15) is 37.3 Å². The van der Waals surface area contributed by atoms with Crippen molar-refractivity contribution in [3.8, 4) is 0 Å². The molecule has 0 nitrogen and oxygen atoms in total. The molecule has 1 aromatic carbocycles. The minimum atomic E-state index is -0.106. The molecule has 0 saturated heterocycles. The van der Waals surface area contributed by atoms with E-state index in [-0.39, 0.29) is 5.82 Å². The summed E-state index contributed by atoms with van der Waals surface area (Å²) in [6.45, 7) is 2.21. The van der Waals surface area contributed by atoms with E-state index < -0.39 is 0 Å². The Hall–Kier alpha value is -1.11. The Morgan fingerprint density at radius 2 is 2.13 bits per heavy atom. The first-order valence-corrected chi connectivity index (χ1v) is 5.75. The largest absolute Gasteiger partial charge is 0.207 e. The number of halogens is 1. The molecule has 80 valence electrons. The molecule has 0 unspecified atom stereocenters. The van der Waals surface area contributed by atoms with Crippen LogP contribution in [0.3, 0.4) is 0 Å². The van der Waals surface area contributed by atoms with Gasteiger partial charge in [0.15, 0.2) is 0 Å². The van der Waals surface area contributed by atoms with Crippen molar-refractivity contribution in [3.05, 3.63) is 46.8 Å². The van der Waals surface area contributed by atoms with Gasteiger partial charge >= 0.3 is 0 Å². The number of hydrogen-bond donors (Lipinski definition) is 0. The van der Waals surface area contributed by atoms with E-state index in [4.69, 9.17) is 0 Å². The number of benzene rings is 1. The molecule has 1 aliphatic rings. The van der Waals surface area contributed by atoms with Crippen LogP contribution in [0.25, 0.3) is 0 Å². The standard InChI is InChI=1S/C14H17F/c1-2-3-4-11-5-6-12-7-8-14(15)10-13(12)9-11/h5,7-8,10H,2-4,6,9H2,1H3. The molecule has 0 atom stereocenters. The molecule has 2 rings (SSSR count). The van der Waals surface area contributed by atoms with Crippen molar-refractivity contribution < 1.29 is 4.39 Å². The lowest BCUT2D eigenvalue weighted by atomic mass is 9.89. The highest BCUT2D eigenvalue weighted by Gasteiger charge is 2.11. The number of allylic oxidation sites excluding steroid dienone is 2. The lowest BCUT2D eigenvalue weighted by Crippen LogP contribution is -2.03. The lowest BCUT2D eigenvalue weighted by molar-refractivity contribution is 0.624. The van der Waals surface area contributed by atoms with E-state index in [0.29, 0.717) is 0 Å². The van der Waals surface area contributed by atoms with Crippen LogP contribution in [0, 0.1) is 5.82 Å². The molecule has 1 aromatic rings. The van der Waals surface area contributed by atoms with Gasteiger partial charge < -0.3 is 0 Å². The smallest absolute Gasteiger partial charge is 0.123 e. The maximum atomic E-state index is 13.1. The zero-order chi connectivity index (χ0) is 10.7. The normalized spacial score (nSPS) is 14.7. The summed E-state index contributed by atoms with van der Waals surface area (Å²) in [6, 6.07) is 5.16. The maximum Gasteiger partial charge on any atom is 0.123 e. The van der Waals surface area contributed by atoms with Crippen LogP contribution in [-0.2, 0) is 12.8 Å². The summed E-state index contributed by atoms with van der Waals surface area (Å²) in [6.07, 6.45) is 7.90. The molecule has 0 N–H and O–H groups in total. The SMILES string of the molecule is CCCCC1=CCc2ccc(F)cc2C1. The molecular weight excluding hydrogens is 187 g/mol. The van der Waals surface area contributed by atoms with E-state index >= 15 is 0 Å². The van der Waals surface area contributed by atoms with Crippen molar-refractivity contribution in [1.82, 2.24) is 0 Å². The molecule has 0 heterocycles. The summed E-state index contributed by atoms with van der Waals surface area (Å²) in [5.41, 5.74) is 3.95. The molecule has 15 heavy (non-hydrogen) atoms. The van der Waals surface area contributed by atoms with Crippen LogP contribution in [-0.4, -0.2) is 0 Å². The predicted molar refractivity (Wildman–Crippen MR) is 61.4 cm³/mol. The maximum absolute atomic E-state index is 13.1. The first-order valence-electron chi connectivity index (χ1n) is 5.75. The molecule has 0 saturated carbocycles. The van der Waals surface area contributed by atoms with Gasteiger partial charge in [0.05, 0.1) is 0 Å². The van der Waals surface area contributed by atoms with Gasteiger partial charge in [-0.15, -0.1) is 0 Å². The first-order chi connectivity index (χ1) is 7.29. The van der Waals surface area contributed by atoms with Crippen molar-refractivity contribution in [1.29, 1.82) is 0 Å². The fourth-order valence-corrected chi connectivity index (χ4v) is 2.12. The van der Waals surface area contributed by atoms with E-state index in [1.807, 2.05) is 6.07 Å². The van der Waals surface area contributed by atoms with Crippen molar-refractivity contribution in [2.45, 2.75) is 39.0 Å². The average molecular weight is 204 g/mol. The van der Waals surface area contributed by atoms with E-state index in [0.717, 1.165) is 12.8 Å². The Kier molecular flexibility index (Phi) is 3.20. The fraction of sp³-hybridized carbons (Fsp3) is 0.429. The molecule has 0 bridgehead atoms. The second kappa shape index (κ2) is 4.61. The van der Waals surface area contributed by atoms with Crippen molar-refractivity contribution in [3.63, 3.8) is 0 Å². The summed E-state index contributed by atoms with van der Waals surface area (Å²) in [5, 5.41) is 0. The highest BCUT2D eigenvalue weighted by Crippen LogP contribution is 2.24. The van der Waals surface area contributed by atoms with Crippen LogP contribution in [0.5, 0.6) is 0 Å².